The summed E-state index contributed by atoms with van der Waals surface area (Å²) in [5.41, 5.74) is 7.73. The molecule has 0 bridgehead atoms. The van der Waals surface area contributed by atoms with Crippen molar-refractivity contribution in [2.45, 2.75) is 6.92 Å². The zero-order valence-corrected chi connectivity index (χ0v) is 9.83. The Morgan fingerprint density at radius 2 is 2.25 bits per heavy atom. The van der Waals surface area contributed by atoms with E-state index in [4.69, 9.17) is 11.0 Å². The number of benzene rings is 1. The molecule has 86 valence electrons. The summed E-state index contributed by atoms with van der Waals surface area (Å²) in [6.07, 6.45) is 0. The van der Waals surface area contributed by atoms with Crippen molar-refractivity contribution in [3.63, 3.8) is 0 Å². The molecule has 16 heavy (non-hydrogen) atoms. The molecule has 0 radical (unpaired) electrons. The van der Waals surface area contributed by atoms with Crippen molar-refractivity contribution < 1.29 is 0 Å². The Hall–Kier alpha value is -1.73. The average molecular weight is 218 g/mol. The van der Waals surface area contributed by atoms with E-state index in [-0.39, 0.29) is 0 Å². The summed E-state index contributed by atoms with van der Waals surface area (Å²) in [6, 6.07) is 7.52. The van der Waals surface area contributed by atoms with Gasteiger partial charge in [-0.05, 0) is 25.7 Å². The lowest BCUT2D eigenvalue weighted by atomic mass is 10.1. The molecule has 0 aromatic heterocycles. The van der Waals surface area contributed by atoms with Gasteiger partial charge in [-0.25, -0.2) is 0 Å². The van der Waals surface area contributed by atoms with Gasteiger partial charge in [-0.2, -0.15) is 5.26 Å². The molecule has 0 heterocycles. The van der Waals surface area contributed by atoms with E-state index in [1.54, 1.807) is 6.07 Å². The summed E-state index contributed by atoms with van der Waals surface area (Å²) in [6.45, 7) is 4.91. The number of rotatable bonds is 5. The zero-order valence-electron chi connectivity index (χ0n) is 9.83. The van der Waals surface area contributed by atoms with Gasteiger partial charge in [0.05, 0.1) is 16.9 Å². The Morgan fingerprint density at radius 3 is 2.88 bits per heavy atom. The molecule has 0 spiro atoms. The highest BCUT2D eigenvalue weighted by atomic mass is 15.1. The molecular formula is C12H18N4. The largest absolute Gasteiger partial charge is 0.396 e. The topological polar surface area (TPSA) is 65.1 Å². The molecule has 0 saturated carbocycles. The molecule has 0 aliphatic heterocycles. The summed E-state index contributed by atoms with van der Waals surface area (Å²) in [5.74, 6) is 0. The first-order valence-electron chi connectivity index (χ1n) is 5.40. The Kier molecular flexibility index (Phi) is 4.62. The minimum atomic E-state index is 0.522. The maximum atomic E-state index is 8.83. The fourth-order valence-corrected chi connectivity index (χ4v) is 1.36. The van der Waals surface area contributed by atoms with E-state index in [2.05, 4.69) is 30.3 Å². The van der Waals surface area contributed by atoms with Crippen LogP contribution in [0.3, 0.4) is 0 Å². The third-order valence-electron chi connectivity index (χ3n) is 2.58. The molecule has 1 aromatic rings. The van der Waals surface area contributed by atoms with E-state index in [0.717, 1.165) is 25.3 Å². The molecule has 1 aromatic carbocycles. The normalized spacial score (nSPS) is 10.1. The van der Waals surface area contributed by atoms with Crippen molar-refractivity contribution in [1.29, 1.82) is 5.26 Å². The molecule has 3 N–H and O–H groups in total. The molecule has 0 saturated heterocycles. The van der Waals surface area contributed by atoms with Crippen LogP contribution < -0.4 is 11.1 Å². The molecule has 1 rings (SSSR count). The van der Waals surface area contributed by atoms with Crippen molar-refractivity contribution in [2.75, 3.05) is 37.7 Å². The van der Waals surface area contributed by atoms with Gasteiger partial charge < -0.3 is 16.0 Å². The molecular weight excluding hydrogens is 200 g/mol. The number of nitrogens with two attached hydrogens (primary N) is 1. The second kappa shape index (κ2) is 5.99. The predicted molar refractivity (Wildman–Crippen MR) is 67.2 cm³/mol. The first kappa shape index (κ1) is 12.3. The summed E-state index contributed by atoms with van der Waals surface area (Å²) in [4.78, 5) is 2.21. The van der Waals surface area contributed by atoms with Crippen LogP contribution in [-0.4, -0.2) is 31.6 Å². The highest BCUT2D eigenvalue weighted by Crippen LogP contribution is 2.21. The van der Waals surface area contributed by atoms with Crippen molar-refractivity contribution in [3.8, 4) is 6.07 Å². The molecule has 0 aliphatic carbocycles. The summed E-state index contributed by atoms with van der Waals surface area (Å²) in [7, 11) is 2.07. The van der Waals surface area contributed by atoms with Crippen LogP contribution in [0.1, 0.15) is 12.5 Å². The lowest BCUT2D eigenvalue weighted by Gasteiger charge is -2.15. The minimum Gasteiger partial charge on any atom is -0.396 e. The number of nitrogens with one attached hydrogen (secondary N) is 1. The van der Waals surface area contributed by atoms with E-state index in [1.807, 2.05) is 12.1 Å². The summed E-state index contributed by atoms with van der Waals surface area (Å²) in [5, 5.41) is 12.1. The van der Waals surface area contributed by atoms with Gasteiger partial charge in [0.25, 0.3) is 0 Å². The molecule has 0 atom stereocenters. The quantitative estimate of drug-likeness (QED) is 0.735. The third kappa shape index (κ3) is 3.14. The van der Waals surface area contributed by atoms with Gasteiger partial charge in [0, 0.05) is 13.1 Å². The van der Waals surface area contributed by atoms with E-state index in [0.29, 0.717) is 11.3 Å². The highest BCUT2D eigenvalue weighted by molar-refractivity contribution is 5.72. The zero-order chi connectivity index (χ0) is 12.0. The highest BCUT2D eigenvalue weighted by Gasteiger charge is 2.03. The van der Waals surface area contributed by atoms with E-state index >= 15 is 0 Å². The van der Waals surface area contributed by atoms with Crippen LogP contribution >= 0.6 is 0 Å². The first-order valence-corrected chi connectivity index (χ1v) is 5.40. The lowest BCUT2D eigenvalue weighted by Crippen LogP contribution is -2.24. The number of anilines is 2. The number of nitrogens with zero attached hydrogens (tertiary/aromatic N) is 2. The Balaban J connectivity index is 2.58. The first-order chi connectivity index (χ1) is 7.69. The van der Waals surface area contributed by atoms with Gasteiger partial charge in [0.1, 0.15) is 6.07 Å². The molecule has 0 amide bonds. The van der Waals surface area contributed by atoms with Crippen LogP contribution in [-0.2, 0) is 0 Å². The second-order valence-corrected chi connectivity index (χ2v) is 3.70. The van der Waals surface area contributed by atoms with E-state index < -0.39 is 0 Å². The lowest BCUT2D eigenvalue weighted by molar-refractivity contribution is 0.367. The smallest absolute Gasteiger partial charge is 0.101 e. The van der Waals surface area contributed by atoms with Crippen molar-refractivity contribution in [3.05, 3.63) is 23.8 Å². The maximum Gasteiger partial charge on any atom is 0.101 e. The minimum absolute atomic E-state index is 0.522. The van der Waals surface area contributed by atoms with E-state index in [1.165, 1.54) is 0 Å². The monoisotopic (exact) mass is 218 g/mol. The number of hydrogen-bond acceptors (Lipinski definition) is 4. The number of hydrogen-bond donors (Lipinski definition) is 2. The van der Waals surface area contributed by atoms with Crippen molar-refractivity contribution >= 4 is 11.4 Å². The van der Waals surface area contributed by atoms with Crippen LogP contribution in [0.25, 0.3) is 0 Å². The molecule has 4 heteroatoms. The van der Waals surface area contributed by atoms with Gasteiger partial charge in [0.2, 0.25) is 0 Å². The summed E-state index contributed by atoms with van der Waals surface area (Å²) < 4.78 is 0. The summed E-state index contributed by atoms with van der Waals surface area (Å²) >= 11 is 0. The maximum absolute atomic E-state index is 8.83. The molecule has 0 aliphatic rings. The van der Waals surface area contributed by atoms with Gasteiger partial charge in [-0.3, -0.25) is 0 Å². The van der Waals surface area contributed by atoms with Crippen LogP contribution in [0, 0.1) is 11.3 Å². The second-order valence-electron chi connectivity index (χ2n) is 3.70. The molecule has 0 fully saturated rings. The Labute approximate surface area is 96.7 Å². The van der Waals surface area contributed by atoms with Crippen molar-refractivity contribution in [1.82, 2.24) is 4.90 Å². The van der Waals surface area contributed by atoms with Crippen LogP contribution in [0.15, 0.2) is 18.2 Å². The van der Waals surface area contributed by atoms with Crippen molar-refractivity contribution in [2.24, 2.45) is 0 Å². The Morgan fingerprint density at radius 1 is 1.50 bits per heavy atom. The number of nitrogen functional groups attached to an aromatic ring is 1. The number of para-hydroxylation sites is 1. The number of likely N-dealkylation sites (N-methyl/N-ethyl adjacent to an activating group) is 1. The fraction of sp³-hybridized carbons (Fsp3) is 0.417. The van der Waals surface area contributed by atoms with Gasteiger partial charge in [-0.1, -0.05) is 13.0 Å². The van der Waals surface area contributed by atoms with E-state index in [9.17, 15) is 0 Å². The van der Waals surface area contributed by atoms with Gasteiger partial charge in [-0.15, -0.1) is 0 Å². The van der Waals surface area contributed by atoms with Gasteiger partial charge in [0.15, 0.2) is 0 Å². The van der Waals surface area contributed by atoms with Crippen LogP contribution in [0.5, 0.6) is 0 Å². The third-order valence-corrected chi connectivity index (χ3v) is 2.58. The average Bonchev–Trinajstić information content (AvgIpc) is 2.31. The van der Waals surface area contributed by atoms with Crippen LogP contribution in [0.2, 0.25) is 0 Å². The number of nitriles is 1. The molecule has 4 nitrogen and oxygen atoms in total. The fourth-order valence-electron chi connectivity index (χ4n) is 1.36. The standard InChI is InChI=1S/C12H18N4/c1-3-16(2)8-7-15-11-6-4-5-10(9-13)12(11)14/h4-6,15H,3,7-8,14H2,1-2H3. The Bertz CT molecular complexity index is 381. The predicted octanol–water partition coefficient (Wildman–Crippen LogP) is 1.50. The van der Waals surface area contributed by atoms with Gasteiger partial charge >= 0.3 is 0 Å². The SMILES string of the molecule is CCN(C)CCNc1cccc(C#N)c1N. The van der Waals surface area contributed by atoms with Crippen LogP contribution in [0.4, 0.5) is 11.4 Å². The molecule has 0 unspecified atom stereocenters.